The van der Waals surface area contributed by atoms with Crippen LogP contribution in [0.2, 0.25) is 0 Å². The summed E-state index contributed by atoms with van der Waals surface area (Å²) in [6.07, 6.45) is 4.31. The van der Waals surface area contributed by atoms with Gasteiger partial charge in [0.1, 0.15) is 0 Å². The monoisotopic (exact) mass is 280 g/mol. The number of aliphatic imine (C=N–C) groups is 1. The summed E-state index contributed by atoms with van der Waals surface area (Å²) in [6, 6.07) is 20.6. The Morgan fingerprint density at radius 1 is 0.950 bits per heavy atom. The van der Waals surface area contributed by atoms with E-state index in [2.05, 4.69) is 41.4 Å². The summed E-state index contributed by atoms with van der Waals surface area (Å²) in [7, 11) is 2.03. The number of rotatable bonds is 2. The Bertz CT molecular complexity index is 620. The van der Waals surface area contributed by atoms with E-state index in [9.17, 15) is 0 Å². The molecular weight excluding hydrogens is 264 g/mol. The molecule has 2 nitrogen and oxygen atoms in total. The second-order valence-electron chi connectivity index (χ2n) is 4.63. The maximum Gasteiger partial charge on any atom is 0.169 e. The van der Waals surface area contributed by atoms with Crippen molar-refractivity contribution in [1.82, 2.24) is 4.90 Å². The molecule has 3 rings (SSSR count). The van der Waals surface area contributed by atoms with Crippen LogP contribution < -0.4 is 0 Å². The molecule has 1 unspecified atom stereocenters. The van der Waals surface area contributed by atoms with Crippen molar-refractivity contribution in [3.05, 3.63) is 78.5 Å². The molecule has 0 aromatic heterocycles. The Labute approximate surface area is 123 Å². The van der Waals surface area contributed by atoms with E-state index >= 15 is 0 Å². The van der Waals surface area contributed by atoms with Crippen molar-refractivity contribution in [2.75, 3.05) is 7.05 Å². The quantitative estimate of drug-likeness (QED) is 0.798. The summed E-state index contributed by atoms with van der Waals surface area (Å²) >= 11 is 1.78. The van der Waals surface area contributed by atoms with Gasteiger partial charge in [0.15, 0.2) is 5.17 Å². The Hall–Kier alpha value is -2.00. The van der Waals surface area contributed by atoms with Gasteiger partial charge in [-0.3, -0.25) is 0 Å². The first kappa shape index (κ1) is 13.0. The van der Waals surface area contributed by atoms with Crippen LogP contribution in [0.25, 0.3) is 0 Å². The summed E-state index contributed by atoms with van der Waals surface area (Å²) in [5.41, 5.74) is 2.30. The zero-order valence-corrected chi connectivity index (χ0v) is 12.1. The zero-order valence-electron chi connectivity index (χ0n) is 11.3. The molecule has 100 valence electrons. The van der Waals surface area contributed by atoms with E-state index in [0.717, 1.165) is 10.9 Å². The third-order valence-electron chi connectivity index (χ3n) is 3.13. The summed E-state index contributed by atoms with van der Waals surface area (Å²) in [6.45, 7) is 0. The molecule has 0 aliphatic carbocycles. The molecule has 0 amide bonds. The second kappa shape index (κ2) is 5.97. The SMILES string of the molecule is CN1C=CC(c2ccccc2)SC1=Nc1ccccc1. The van der Waals surface area contributed by atoms with Gasteiger partial charge in [0.05, 0.1) is 10.9 Å². The van der Waals surface area contributed by atoms with E-state index in [1.807, 2.05) is 43.4 Å². The molecule has 0 saturated carbocycles. The van der Waals surface area contributed by atoms with Crippen LogP contribution in [0.15, 0.2) is 77.9 Å². The standard InChI is InChI=1S/C17H16N2S/c1-19-13-12-16(14-8-4-2-5-9-14)20-17(19)18-15-10-6-3-7-11-15/h2-13,16H,1H3. The molecule has 3 heteroatoms. The molecule has 1 heterocycles. The van der Waals surface area contributed by atoms with Crippen LogP contribution >= 0.6 is 11.8 Å². The highest BCUT2D eigenvalue weighted by atomic mass is 32.2. The smallest absolute Gasteiger partial charge is 0.169 e. The van der Waals surface area contributed by atoms with E-state index in [-0.39, 0.29) is 0 Å². The van der Waals surface area contributed by atoms with Crippen molar-refractivity contribution in [3.63, 3.8) is 0 Å². The fourth-order valence-corrected chi connectivity index (χ4v) is 3.10. The average molecular weight is 280 g/mol. The largest absolute Gasteiger partial charge is 0.331 e. The Balaban J connectivity index is 1.87. The first-order valence-corrected chi connectivity index (χ1v) is 7.47. The van der Waals surface area contributed by atoms with E-state index in [1.165, 1.54) is 5.56 Å². The van der Waals surface area contributed by atoms with Gasteiger partial charge in [-0.1, -0.05) is 66.4 Å². The van der Waals surface area contributed by atoms with E-state index < -0.39 is 0 Å². The summed E-state index contributed by atoms with van der Waals surface area (Å²) in [4.78, 5) is 6.80. The normalized spacial score (nSPS) is 20.4. The van der Waals surface area contributed by atoms with Gasteiger partial charge in [-0.25, -0.2) is 4.99 Å². The van der Waals surface area contributed by atoms with Crippen LogP contribution in [-0.4, -0.2) is 17.1 Å². The molecular formula is C17H16N2S. The van der Waals surface area contributed by atoms with Gasteiger partial charge in [0.2, 0.25) is 0 Å². The molecule has 1 aliphatic heterocycles. The van der Waals surface area contributed by atoms with Gasteiger partial charge in [-0.05, 0) is 17.7 Å². The van der Waals surface area contributed by atoms with Crippen molar-refractivity contribution in [1.29, 1.82) is 0 Å². The fraction of sp³-hybridized carbons (Fsp3) is 0.118. The first-order chi connectivity index (χ1) is 9.83. The van der Waals surface area contributed by atoms with Crippen molar-refractivity contribution in [3.8, 4) is 0 Å². The average Bonchev–Trinajstić information content (AvgIpc) is 2.51. The van der Waals surface area contributed by atoms with Crippen molar-refractivity contribution < 1.29 is 0 Å². The third kappa shape index (κ3) is 2.94. The van der Waals surface area contributed by atoms with Crippen LogP contribution in [-0.2, 0) is 0 Å². The highest BCUT2D eigenvalue weighted by Gasteiger charge is 2.19. The Kier molecular flexibility index (Phi) is 3.88. The van der Waals surface area contributed by atoms with Crippen LogP contribution in [0, 0.1) is 0 Å². The van der Waals surface area contributed by atoms with Crippen molar-refractivity contribution in [2.24, 2.45) is 4.99 Å². The second-order valence-corrected chi connectivity index (χ2v) is 5.74. The molecule has 0 radical (unpaired) electrons. The predicted octanol–water partition coefficient (Wildman–Crippen LogP) is 4.61. The number of hydrogen-bond acceptors (Lipinski definition) is 2. The number of nitrogens with zero attached hydrogens (tertiary/aromatic N) is 2. The van der Waals surface area contributed by atoms with Crippen LogP contribution in [0.3, 0.4) is 0 Å². The molecule has 0 spiro atoms. The maximum atomic E-state index is 4.73. The van der Waals surface area contributed by atoms with Gasteiger partial charge in [0, 0.05) is 13.2 Å². The fourth-order valence-electron chi connectivity index (χ4n) is 2.05. The minimum absolute atomic E-state index is 0.329. The number of para-hydroxylation sites is 1. The van der Waals surface area contributed by atoms with Crippen molar-refractivity contribution in [2.45, 2.75) is 5.25 Å². The molecule has 2 aromatic carbocycles. The Morgan fingerprint density at radius 3 is 2.30 bits per heavy atom. The van der Waals surface area contributed by atoms with Crippen LogP contribution in [0.4, 0.5) is 5.69 Å². The number of hydrogen-bond donors (Lipinski definition) is 0. The van der Waals surface area contributed by atoms with Crippen molar-refractivity contribution >= 4 is 22.6 Å². The van der Waals surface area contributed by atoms with Gasteiger partial charge in [-0.2, -0.15) is 0 Å². The lowest BCUT2D eigenvalue weighted by molar-refractivity contribution is 0.694. The third-order valence-corrected chi connectivity index (χ3v) is 4.40. The highest BCUT2D eigenvalue weighted by molar-refractivity contribution is 8.14. The lowest BCUT2D eigenvalue weighted by atomic mass is 10.1. The van der Waals surface area contributed by atoms with E-state index in [4.69, 9.17) is 4.99 Å². The molecule has 0 N–H and O–H groups in total. The topological polar surface area (TPSA) is 15.6 Å². The van der Waals surface area contributed by atoms with Crippen LogP contribution in [0.1, 0.15) is 10.8 Å². The summed E-state index contributed by atoms with van der Waals surface area (Å²) < 4.78 is 0. The summed E-state index contributed by atoms with van der Waals surface area (Å²) in [5, 5.41) is 1.35. The van der Waals surface area contributed by atoms with Gasteiger partial charge < -0.3 is 4.90 Å². The molecule has 0 fully saturated rings. The van der Waals surface area contributed by atoms with E-state index in [1.54, 1.807) is 11.8 Å². The predicted molar refractivity (Wildman–Crippen MR) is 87.2 cm³/mol. The number of thioether (sulfide) groups is 1. The highest BCUT2D eigenvalue weighted by Crippen LogP contribution is 2.36. The maximum absolute atomic E-state index is 4.73. The van der Waals surface area contributed by atoms with Gasteiger partial charge in [-0.15, -0.1) is 0 Å². The van der Waals surface area contributed by atoms with E-state index in [0.29, 0.717) is 5.25 Å². The molecule has 20 heavy (non-hydrogen) atoms. The molecule has 1 atom stereocenters. The number of amidine groups is 1. The number of benzene rings is 2. The molecule has 1 aliphatic rings. The minimum Gasteiger partial charge on any atom is -0.331 e. The van der Waals surface area contributed by atoms with Gasteiger partial charge in [0.25, 0.3) is 0 Å². The zero-order chi connectivity index (χ0) is 13.8. The van der Waals surface area contributed by atoms with Crippen LogP contribution in [0.5, 0.6) is 0 Å². The minimum atomic E-state index is 0.329. The molecule has 0 bridgehead atoms. The van der Waals surface area contributed by atoms with Gasteiger partial charge >= 0.3 is 0 Å². The molecule has 0 saturated heterocycles. The first-order valence-electron chi connectivity index (χ1n) is 6.59. The Morgan fingerprint density at radius 2 is 1.60 bits per heavy atom. The summed E-state index contributed by atoms with van der Waals surface area (Å²) in [5.74, 6) is 0. The molecule has 2 aromatic rings. The lowest BCUT2D eigenvalue weighted by Gasteiger charge is -2.25. The lowest BCUT2D eigenvalue weighted by Crippen LogP contribution is -2.22.